The molecule has 7 nitrogen and oxygen atoms in total. The lowest BCUT2D eigenvalue weighted by atomic mass is 9.97. The number of rotatable bonds is 7. The Morgan fingerprint density at radius 1 is 0.969 bits per heavy atom. The number of ether oxygens (including phenoxy) is 2. The predicted octanol–water partition coefficient (Wildman–Crippen LogP) is 2.84. The van der Waals surface area contributed by atoms with E-state index in [1.807, 2.05) is 56.3 Å². The van der Waals surface area contributed by atoms with Gasteiger partial charge in [0.1, 0.15) is 11.4 Å². The molecule has 2 aromatic carbocycles. The van der Waals surface area contributed by atoms with Crippen LogP contribution in [0.1, 0.15) is 16.7 Å². The summed E-state index contributed by atoms with van der Waals surface area (Å²) in [7, 11) is 1.61. The highest BCUT2D eigenvalue weighted by molar-refractivity contribution is 6.36. The van der Waals surface area contributed by atoms with Crippen molar-refractivity contribution in [3.8, 4) is 5.75 Å². The summed E-state index contributed by atoms with van der Waals surface area (Å²) >= 11 is 0. The van der Waals surface area contributed by atoms with Gasteiger partial charge in [0.15, 0.2) is 0 Å². The molecule has 1 N–H and O–H groups in total. The fourth-order valence-corrected chi connectivity index (χ4v) is 4.12. The average molecular weight is 436 g/mol. The minimum absolute atomic E-state index is 0.258. The van der Waals surface area contributed by atoms with Crippen LogP contribution >= 0.6 is 0 Å². The Balaban J connectivity index is 1.64. The van der Waals surface area contributed by atoms with Crippen molar-refractivity contribution in [2.45, 2.75) is 13.8 Å². The standard InChI is InChI=1S/C25H29N3O4/c1-17-4-9-21(18(2)16-17)22-23(26-19-5-7-20(31-3)8-6-19)25(30)28(24(22)29)11-10-27-12-14-32-15-13-27/h4-9,16,26H,10-15H2,1-3H3. The van der Waals surface area contributed by atoms with Gasteiger partial charge in [-0.1, -0.05) is 23.8 Å². The summed E-state index contributed by atoms with van der Waals surface area (Å²) in [4.78, 5) is 30.4. The number of nitrogens with one attached hydrogen (secondary N) is 1. The van der Waals surface area contributed by atoms with Gasteiger partial charge < -0.3 is 14.8 Å². The van der Waals surface area contributed by atoms with E-state index < -0.39 is 0 Å². The van der Waals surface area contributed by atoms with Gasteiger partial charge in [-0.25, -0.2) is 0 Å². The number of nitrogens with zero attached hydrogens (tertiary/aromatic N) is 2. The minimum atomic E-state index is -0.297. The molecule has 0 radical (unpaired) electrons. The molecule has 2 heterocycles. The van der Waals surface area contributed by atoms with Gasteiger partial charge in [-0.05, 0) is 49.2 Å². The van der Waals surface area contributed by atoms with Gasteiger partial charge in [0, 0.05) is 31.9 Å². The number of carbonyl (C=O) groups excluding carboxylic acids is 2. The molecule has 0 aliphatic carbocycles. The fourth-order valence-electron chi connectivity index (χ4n) is 4.12. The summed E-state index contributed by atoms with van der Waals surface area (Å²) in [5.74, 6) is 0.167. The van der Waals surface area contributed by atoms with Crippen molar-refractivity contribution in [1.82, 2.24) is 9.80 Å². The summed E-state index contributed by atoms with van der Waals surface area (Å²) in [6.07, 6.45) is 0. The van der Waals surface area contributed by atoms with Crippen LogP contribution in [0.2, 0.25) is 0 Å². The van der Waals surface area contributed by atoms with Crippen molar-refractivity contribution >= 4 is 23.1 Å². The molecule has 168 valence electrons. The third-order valence-corrected chi connectivity index (χ3v) is 5.92. The van der Waals surface area contributed by atoms with Crippen LogP contribution in [0, 0.1) is 13.8 Å². The minimum Gasteiger partial charge on any atom is -0.497 e. The van der Waals surface area contributed by atoms with E-state index in [2.05, 4.69) is 10.2 Å². The van der Waals surface area contributed by atoms with Gasteiger partial charge in [0.05, 0.1) is 25.9 Å². The third-order valence-electron chi connectivity index (χ3n) is 5.92. The average Bonchev–Trinajstić information content (AvgIpc) is 3.03. The molecule has 0 bridgehead atoms. The number of hydrogen-bond donors (Lipinski definition) is 1. The number of hydrogen-bond acceptors (Lipinski definition) is 6. The van der Waals surface area contributed by atoms with E-state index in [1.54, 1.807) is 7.11 Å². The molecule has 1 fully saturated rings. The number of methoxy groups -OCH3 is 1. The third kappa shape index (κ3) is 4.54. The number of aryl methyl sites for hydroxylation is 2. The Bertz CT molecular complexity index is 1040. The van der Waals surface area contributed by atoms with Crippen molar-refractivity contribution in [3.63, 3.8) is 0 Å². The first-order valence-corrected chi connectivity index (χ1v) is 10.9. The van der Waals surface area contributed by atoms with E-state index in [4.69, 9.17) is 9.47 Å². The van der Waals surface area contributed by atoms with Gasteiger partial charge in [0.2, 0.25) is 0 Å². The second-order valence-electron chi connectivity index (χ2n) is 8.14. The second-order valence-corrected chi connectivity index (χ2v) is 8.14. The molecule has 1 saturated heterocycles. The lowest BCUT2D eigenvalue weighted by molar-refractivity contribution is -0.137. The number of carbonyl (C=O) groups is 2. The Labute approximate surface area is 188 Å². The quantitative estimate of drug-likeness (QED) is 0.675. The van der Waals surface area contributed by atoms with Crippen LogP contribution in [0.25, 0.3) is 5.57 Å². The molecule has 0 spiro atoms. The highest BCUT2D eigenvalue weighted by Gasteiger charge is 2.39. The number of amides is 2. The van der Waals surface area contributed by atoms with Gasteiger partial charge in [-0.3, -0.25) is 19.4 Å². The van der Waals surface area contributed by atoms with E-state index >= 15 is 0 Å². The molecule has 0 unspecified atom stereocenters. The molecule has 0 aromatic heterocycles. The lowest BCUT2D eigenvalue weighted by Crippen LogP contribution is -2.43. The van der Waals surface area contributed by atoms with E-state index in [-0.39, 0.29) is 11.8 Å². The van der Waals surface area contributed by atoms with Crippen molar-refractivity contribution in [2.75, 3.05) is 51.8 Å². The SMILES string of the molecule is COc1ccc(NC2=C(c3ccc(C)cc3C)C(=O)N(CCN3CCOCC3)C2=O)cc1. The molecule has 4 rings (SSSR count). The first-order valence-electron chi connectivity index (χ1n) is 10.9. The van der Waals surface area contributed by atoms with Crippen molar-refractivity contribution in [1.29, 1.82) is 0 Å². The van der Waals surface area contributed by atoms with Crippen LogP contribution < -0.4 is 10.1 Å². The maximum atomic E-state index is 13.5. The molecule has 2 amide bonds. The second kappa shape index (κ2) is 9.54. The van der Waals surface area contributed by atoms with E-state index in [0.717, 1.165) is 41.2 Å². The summed E-state index contributed by atoms with van der Waals surface area (Å²) in [5, 5.41) is 3.21. The van der Waals surface area contributed by atoms with Crippen LogP contribution in [-0.2, 0) is 14.3 Å². The molecule has 2 aliphatic heterocycles. The zero-order valence-electron chi connectivity index (χ0n) is 18.8. The first kappa shape index (κ1) is 22.0. The number of morpholine rings is 1. The zero-order valence-corrected chi connectivity index (χ0v) is 18.8. The summed E-state index contributed by atoms with van der Waals surface area (Å²) in [5.41, 5.74) is 4.31. The highest BCUT2D eigenvalue weighted by atomic mass is 16.5. The normalized spacial score (nSPS) is 17.3. The monoisotopic (exact) mass is 435 g/mol. The van der Waals surface area contributed by atoms with Crippen molar-refractivity contribution < 1.29 is 19.1 Å². The van der Waals surface area contributed by atoms with Crippen LogP contribution in [0.3, 0.4) is 0 Å². The number of anilines is 1. The van der Waals surface area contributed by atoms with Gasteiger partial charge in [-0.15, -0.1) is 0 Å². The maximum Gasteiger partial charge on any atom is 0.278 e. The summed E-state index contributed by atoms with van der Waals surface area (Å²) < 4.78 is 10.6. The summed E-state index contributed by atoms with van der Waals surface area (Å²) in [6.45, 7) is 7.94. The number of imide groups is 1. The molecule has 32 heavy (non-hydrogen) atoms. The fraction of sp³-hybridized carbons (Fsp3) is 0.360. The Morgan fingerprint density at radius 2 is 1.69 bits per heavy atom. The van der Waals surface area contributed by atoms with Crippen LogP contribution in [0.5, 0.6) is 5.75 Å². The molecule has 2 aliphatic rings. The highest BCUT2D eigenvalue weighted by Crippen LogP contribution is 2.32. The largest absolute Gasteiger partial charge is 0.497 e. The van der Waals surface area contributed by atoms with Gasteiger partial charge >= 0.3 is 0 Å². The maximum absolute atomic E-state index is 13.5. The number of benzene rings is 2. The first-order chi connectivity index (χ1) is 15.5. The molecular weight excluding hydrogens is 406 g/mol. The smallest absolute Gasteiger partial charge is 0.278 e. The van der Waals surface area contributed by atoms with Crippen molar-refractivity contribution in [2.24, 2.45) is 0 Å². The molecule has 2 aromatic rings. The van der Waals surface area contributed by atoms with E-state index in [0.29, 0.717) is 37.6 Å². The van der Waals surface area contributed by atoms with Gasteiger partial charge in [0.25, 0.3) is 11.8 Å². The molecule has 0 atom stereocenters. The lowest BCUT2D eigenvalue weighted by Gasteiger charge is -2.28. The molecule has 7 heteroatoms. The molecule has 0 saturated carbocycles. The Morgan fingerprint density at radius 3 is 2.34 bits per heavy atom. The van der Waals surface area contributed by atoms with Crippen LogP contribution in [-0.4, -0.2) is 68.1 Å². The van der Waals surface area contributed by atoms with E-state index in [1.165, 1.54) is 4.90 Å². The van der Waals surface area contributed by atoms with Crippen LogP contribution in [0.15, 0.2) is 48.2 Å². The topological polar surface area (TPSA) is 71.1 Å². The van der Waals surface area contributed by atoms with Crippen LogP contribution in [0.4, 0.5) is 5.69 Å². The Hall–Kier alpha value is -3.16. The summed E-state index contributed by atoms with van der Waals surface area (Å²) in [6, 6.07) is 13.2. The predicted molar refractivity (Wildman–Crippen MR) is 123 cm³/mol. The zero-order chi connectivity index (χ0) is 22.7. The van der Waals surface area contributed by atoms with Crippen molar-refractivity contribution in [3.05, 3.63) is 64.9 Å². The Kier molecular flexibility index (Phi) is 6.58. The van der Waals surface area contributed by atoms with E-state index in [9.17, 15) is 9.59 Å². The van der Waals surface area contributed by atoms with Gasteiger partial charge in [-0.2, -0.15) is 0 Å². The molecular formula is C25H29N3O4.